The van der Waals surface area contributed by atoms with Gasteiger partial charge in [0.25, 0.3) is 5.91 Å². The van der Waals surface area contributed by atoms with Crippen LogP contribution < -0.4 is 15.8 Å². The number of carbonyl (C=O) groups is 2. The number of hydrogen-bond donors (Lipinski definition) is 4. The number of carbonyl (C=O) groups excluding carboxylic acids is 1. The third-order valence-electron chi connectivity index (χ3n) is 3.29. The summed E-state index contributed by atoms with van der Waals surface area (Å²) in [6.07, 6.45) is -0.143. The fraction of sp³-hybridized carbons (Fsp3) is 0.250. The number of carboxylic acid groups (broad SMARTS) is 1. The number of aliphatic hydroxyl groups is 1. The van der Waals surface area contributed by atoms with Crippen molar-refractivity contribution in [3.05, 3.63) is 47.7 Å². The Bertz CT molecular complexity index is 751. The molecule has 5 N–H and O–H groups in total. The van der Waals surface area contributed by atoms with E-state index in [1.165, 1.54) is 6.92 Å². The number of benzene rings is 1. The van der Waals surface area contributed by atoms with Crippen molar-refractivity contribution in [2.75, 3.05) is 5.73 Å². The second-order valence-corrected chi connectivity index (χ2v) is 5.26. The van der Waals surface area contributed by atoms with Crippen molar-refractivity contribution < 1.29 is 24.5 Å². The Morgan fingerprint density at radius 1 is 1.32 bits per heavy atom. The fourth-order valence-electron chi connectivity index (χ4n) is 1.95. The van der Waals surface area contributed by atoms with Crippen molar-refractivity contribution in [3.8, 4) is 6.01 Å². The first-order valence-electron chi connectivity index (χ1n) is 7.39. The molecule has 132 valence electrons. The van der Waals surface area contributed by atoms with Gasteiger partial charge >= 0.3 is 12.0 Å². The number of nitrogens with one attached hydrogen (secondary N) is 1. The normalized spacial score (nSPS) is 12.9. The van der Waals surface area contributed by atoms with Gasteiger partial charge < -0.3 is 26.0 Å². The lowest BCUT2D eigenvalue weighted by atomic mass is 10.1. The van der Waals surface area contributed by atoms with E-state index >= 15 is 0 Å². The molecule has 0 unspecified atom stereocenters. The second-order valence-electron chi connectivity index (χ2n) is 5.26. The molecule has 0 fully saturated rings. The van der Waals surface area contributed by atoms with Crippen molar-refractivity contribution in [3.63, 3.8) is 0 Å². The SMILES string of the molecule is C[C@H](O)[C@@H](NC(=O)c1cnc(OCc2ccccc2)nc1N)C(=O)O. The van der Waals surface area contributed by atoms with E-state index in [0.29, 0.717) is 0 Å². The van der Waals surface area contributed by atoms with Gasteiger partial charge in [-0.25, -0.2) is 9.78 Å². The number of carboxylic acids is 1. The summed E-state index contributed by atoms with van der Waals surface area (Å²) < 4.78 is 5.40. The zero-order chi connectivity index (χ0) is 18.4. The predicted molar refractivity (Wildman–Crippen MR) is 87.8 cm³/mol. The number of anilines is 1. The van der Waals surface area contributed by atoms with Gasteiger partial charge in [-0.05, 0) is 12.5 Å². The molecule has 0 aliphatic rings. The summed E-state index contributed by atoms with van der Waals surface area (Å²) in [6, 6.07) is 7.86. The van der Waals surface area contributed by atoms with E-state index in [1.807, 2.05) is 30.3 Å². The van der Waals surface area contributed by atoms with Gasteiger partial charge in [0.2, 0.25) is 0 Å². The summed E-state index contributed by atoms with van der Waals surface area (Å²) in [5, 5.41) is 20.5. The number of amides is 1. The number of aliphatic carboxylic acids is 1. The van der Waals surface area contributed by atoms with Gasteiger partial charge in [-0.2, -0.15) is 4.98 Å². The Labute approximate surface area is 143 Å². The summed E-state index contributed by atoms with van der Waals surface area (Å²) in [5.41, 5.74) is 6.52. The predicted octanol–water partition coefficient (Wildman–Crippen LogP) is 0.202. The maximum absolute atomic E-state index is 12.1. The van der Waals surface area contributed by atoms with E-state index in [1.54, 1.807) is 0 Å². The van der Waals surface area contributed by atoms with E-state index in [2.05, 4.69) is 15.3 Å². The number of aromatic nitrogens is 2. The van der Waals surface area contributed by atoms with Crippen LogP contribution in [0.5, 0.6) is 6.01 Å². The molecule has 1 heterocycles. The highest BCUT2D eigenvalue weighted by atomic mass is 16.5. The topological polar surface area (TPSA) is 148 Å². The molecule has 0 radical (unpaired) electrons. The third-order valence-corrected chi connectivity index (χ3v) is 3.29. The lowest BCUT2D eigenvalue weighted by Crippen LogP contribution is -2.47. The molecular formula is C16H18N4O5. The summed E-state index contributed by atoms with van der Waals surface area (Å²) in [6.45, 7) is 1.48. The average molecular weight is 346 g/mol. The molecule has 0 saturated heterocycles. The Balaban J connectivity index is 2.05. The first-order valence-corrected chi connectivity index (χ1v) is 7.39. The average Bonchev–Trinajstić information content (AvgIpc) is 2.58. The van der Waals surface area contributed by atoms with Gasteiger partial charge in [-0.1, -0.05) is 30.3 Å². The molecule has 0 spiro atoms. The van der Waals surface area contributed by atoms with E-state index in [4.69, 9.17) is 15.6 Å². The number of nitrogens with two attached hydrogens (primary N) is 1. The van der Waals surface area contributed by atoms with Crippen molar-refractivity contribution in [1.29, 1.82) is 0 Å². The Kier molecular flexibility index (Phi) is 5.85. The Hall–Kier alpha value is -3.20. The lowest BCUT2D eigenvalue weighted by molar-refractivity contribution is -0.141. The van der Waals surface area contributed by atoms with Crippen LogP contribution in [0.25, 0.3) is 0 Å². The quantitative estimate of drug-likeness (QED) is 0.556. The molecule has 0 saturated carbocycles. The zero-order valence-corrected chi connectivity index (χ0v) is 13.4. The van der Waals surface area contributed by atoms with Crippen molar-refractivity contribution in [2.24, 2.45) is 0 Å². The van der Waals surface area contributed by atoms with Crippen molar-refractivity contribution in [1.82, 2.24) is 15.3 Å². The fourth-order valence-corrected chi connectivity index (χ4v) is 1.95. The molecule has 25 heavy (non-hydrogen) atoms. The van der Waals surface area contributed by atoms with Gasteiger partial charge in [0.1, 0.15) is 18.0 Å². The standard InChI is InChI=1S/C16H18N4O5/c1-9(21)12(15(23)24)19-14(22)11-7-18-16(20-13(11)17)25-8-10-5-3-2-4-6-10/h2-7,9,12,21H,8H2,1H3,(H,19,22)(H,23,24)(H2,17,18,20)/t9-,12+/m0/s1. The third kappa shape index (κ3) is 4.88. The smallest absolute Gasteiger partial charge is 0.328 e. The molecule has 0 bridgehead atoms. The minimum atomic E-state index is -1.47. The minimum absolute atomic E-state index is 0.0109. The van der Waals surface area contributed by atoms with Gasteiger partial charge in [0, 0.05) is 6.20 Å². The molecule has 2 aromatic rings. The van der Waals surface area contributed by atoms with Gasteiger partial charge in [-0.15, -0.1) is 0 Å². The first kappa shape index (κ1) is 18.1. The van der Waals surface area contributed by atoms with Gasteiger partial charge in [-0.3, -0.25) is 4.79 Å². The Morgan fingerprint density at radius 3 is 2.56 bits per heavy atom. The highest BCUT2D eigenvalue weighted by Gasteiger charge is 2.26. The largest absolute Gasteiger partial charge is 0.480 e. The summed E-state index contributed by atoms with van der Waals surface area (Å²) in [7, 11) is 0. The molecule has 1 amide bonds. The summed E-state index contributed by atoms with van der Waals surface area (Å²) in [5.74, 6) is -2.34. The number of aliphatic hydroxyl groups excluding tert-OH is 1. The van der Waals surface area contributed by atoms with Crippen LogP contribution >= 0.6 is 0 Å². The molecule has 1 aromatic heterocycles. The van der Waals surface area contributed by atoms with E-state index < -0.39 is 24.0 Å². The van der Waals surface area contributed by atoms with Crippen LogP contribution in [0.15, 0.2) is 36.5 Å². The first-order chi connectivity index (χ1) is 11.9. The van der Waals surface area contributed by atoms with Crippen LogP contribution in [-0.4, -0.2) is 44.2 Å². The van der Waals surface area contributed by atoms with Crippen LogP contribution in [0.4, 0.5) is 5.82 Å². The van der Waals surface area contributed by atoms with Crippen LogP contribution in [0.2, 0.25) is 0 Å². The zero-order valence-electron chi connectivity index (χ0n) is 13.4. The monoisotopic (exact) mass is 346 g/mol. The Morgan fingerprint density at radius 2 is 2.00 bits per heavy atom. The van der Waals surface area contributed by atoms with Gasteiger partial charge in [0.05, 0.1) is 6.10 Å². The lowest BCUT2D eigenvalue weighted by Gasteiger charge is -2.17. The van der Waals surface area contributed by atoms with Crippen LogP contribution in [-0.2, 0) is 11.4 Å². The maximum atomic E-state index is 12.1. The number of hydrogen-bond acceptors (Lipinski definition) is 7. The molecular weight excluding hydrogens is 328 g/mol. The van der Waals surface area contributed by atoms with E-state index in [0.717, 1.165) is 11.8 Å². The molecule has 9 nitrogen and oxygen atoms in total. The van der Waals surface area contributed by atoms with Crippen molar-refractivity contribution in [2.45, 2.75) is 25.7 Å². The minimum Gasteiger partial charge on any atom is -0.480 e. The van der Waals surface area contributed by atoms with Crippen LogP contribution in [0.3, 0.4) is 0 Å². The molecule has 2 rings (SSSR count). The van der Waals surface area contributed by atoms with Crippen molar-refractivity contribution >= 4 is 17.7 Å². The second kappa shape index (κ2) is 8.06. The maximum Gasteiger partial charge on any atom is 0.328 e. The number of nitrogen functional groups attached to an aromatic ring is 1. The van der Waals surface area contributed by atoms with Gasteiger partial charge in [0.15, 0.2) is 6.04 Å². The highest BCUT2D eigenvalue weighted by molar-refractivity contribution is 5.99. The molecule has 2 atom stereocenters. The number of nitrogens with zero attached hydrogens (tertiary/aromatic N) is 2. The van der Waals surface area contributed by atoms with E-state index in [9.17, 15) is 14.7 Å². The molecule has 9 heteroatoms. The summed E-state index contributed by atoms with van der Waals surface area (Å²) in [4.78, 5) is 30.9. The highest BCUT2D eigenvalue weighted by Crippen LogP contribution is 2.13. The molecule has 0 aliphatic carbocycles. The summed E-state index contributed by atoms with van der Waals surface area (Å²) >= 11 is 0. The number of rotatable bonds is 7. The van der Waals surface area contributed by atoms with Crippen LogP contribution in [0, 0.1) is 0 Å². The number of ether oxygens (including phenoxy) is 1. The van der Waals surface area contributed by atoms with Crippen LogP contribution in [0.1, 0.15) is 22.8 Å². The van der Waals surface area contributed by atoms with E-state index in [-0.39, 0.29) is 24.0 Å². The molecule has 0 aliphatic heterocycles. The molecule has 1 aromatic carbocycles.